The van der Waals surface area contributed by atoms with Crippen LogP contribution in [-0.4, -0.2) is 49.3 Å². The molecular formula is C18H30IN3O5. The van der Waals surface area contributed by atoms with Crippen LogP contribution < -0.4 is 15.0 Å². The first-order chi connectivity index (χ1) is 12.5. The first-order valence-electron chi connectivity index (χ1n) is 8.78. The summed E-state index contributed by atoms with van der Waals surface area (Å²) >= 11 is 0. The molecule has 1 aromatic rings. The van der Waals surface area contributed by atoms with Gasteiger partial charge in [-0.3, -0.25) is 0 Å². The largest absolute Gasteiger partial charge is 0.495 e. The van der Waals surface area contributed by atoms with E-state index < -0.39 is 5.09 Å². The molecule has 0 saturated carbocycles. The Morgan fingerprint density at radius 1 is 1.26 bits per heavy atom. The number of unbranched alkanes of at least 4 members (excludes halogenated alkanes) is 4. The van der Waals surface area contributed by atoms with Gasteiger partial charge in [0.05, 0.1) is 12.8 Å². The van der Waals surface area contributed by atoms with Gasteiger partial charge in [-0.1, -0.05) is 31.4 Å². The van der Waals surface area contributed by atoms with E-state index in [1.165, 1.54) is 24.1 Å². The molecule has 1 aliphatic heterocycles. The zero-order valence-corrected chi connectivity index (χ0v) is 18.2. The molecule has 0 saturated heterocycles. The lowest BCUT2D eigenvalue weighted by molar-refractivity contribution is -0.742. The molecule has 1 aromatic carbocycles. The van der Waals surface area contributed by atoms with Crippen molar-refractivity contribution in [3.63, 3.8) is 0 Å². The minimum Gasteiger partial charge on any atom is -0.495 e. The number of hydrogen-bond acceptors (Lipinski definition) is 6. The van der Waals surface area contributed by atoms with E-state index in [1.807, 2.05) is 12.1 Å². The van der Waals surface area contributed by atoms with Crippen molar-refractivity contribution in [3.05, 3.63) is 40.0 Å². The third-order valence-corrected chi connectivity index (χ3v) is 4.11. The molecule has 0 aliphatic carbocycles. The van der Waals surface area contributed by atoms with E-state index in [0.29, 0.717) is 6.61 Å². The monoisotopic (exact) mass is 495 g/mol. The van der Waals surface area contributed by atoms with Gasteiger partial charge in [0.15, 0.2) is 0 Å². The lowest BCUT2D eigenvalue weighted by Crippen LogP contribution is -2.26. The van der Waals surface area contributed by atoms with E-state index in [0.717, 1.165) is 43.8 Å². The van der Waals surface area contributed by atoms with Crippen molar-refractivity contribution in [1.29, 1.82) is 0 Å². The summed E-state index contributed by atoms with van der Waals surface area (Å²) in [4.78, 5) is 10.6. The standard InChI is InChI=1S/C18H28N2O2.HI.HNO3/c1-20-13-11-16(19-12-6-4-3-5-7-14-21)15-9-8-10-17(22-2)18(15)20;;2-1(3)4/h8-11,19,21H,3-7,12-14H2,1-2H3;1H;(H,2,3,4). The molecule has 0 unspecified atom stereocenters. The second-order valence-electron chi connectivity index (χ2n) is 6.01. The number of aliphatic hydroxyl groups is 1. The van der Waals surface area contributed by atoms with E-state index >= 15 is 0 Å². The molecule has 0 atom stereocenters. The van der Waals surface area contributed by atoms with Crippen LogP contribution in [0.5, 0.6) is 5.75 Å². The maximum absolute atomic E-state index is 8.76. The van der Waals surface area contributed by atoms with Crippen molar-refractivity contribution >= 4 is 35.4 Å². The number of ether oxygens (including phenoxy) is 1. The number of hydrogen-bond donors (Lipinski definition) is 3. The number of rotatable bonds is 9. The Bertz CT molecular complexity index is 594. The van der Waals surface area contributed by atoms with Gasteiger partial charge in [-0.2, -0.15) is 0 Å². The predicted molar refractivity (Wildman–Crippen MR) is 117 cm³/mol. The number of methoxy groups -OCH3 is 1. The van der Waals surface area contributed by atoms with Crippen molar-refractivity contribution in [2.24, 2.45) is 0 Å². The Morgan fingerprint density at radius 2 is 1.89 bits per heavy atom. The molecule has 0 aromatic heterocycles. The Kier molecular flexibility index (Phi) is 13.4. The fourth-order valence-corrected chi connectivity index (χ4v) is 2.89. The first-order valence-corrected chi connectivity index (χ1v) is 8.78. The fraction of sp³-hybridized carbons (Fsp3) is 0.556. The number of likely N-dealkylation sites (N-methyl/N-ethyl adjacent to an activating group) is 1. The Labute approximate surface area is 177 Å². The normalized spacial score (nSPS) is 12.0. The van der Waals surface area contributed by atoms with Crippen LogP contribution in [0.4, 0.5) is 5.69 Å². The highest BCUT2D eigenvalue weighted by molar-refractivity contribution is 14.0. The molecule has 1 heterocycles. The molecular weight excluding hydrogens is 465 g/mol. The summed E-state index contributed by atoms with van der Waals surface area (Å²) in [6.07, 6.45) is 7.88. The Balaban J connectivity index is 0.00000123. The molecule has 9 heteroatoms. The van der Waals surface area contributed by atoms with Crippen LogP contribution >= 0.6 is 24.0 Å². The molecule has 1 aliphatic rings. The second kappa shape index (κ2) is 14.3. The lowest BCUT2D eigenvalue weighted by Gasteiger charge is -2.29. The van der Waals surface area contributed by atoms with Gasteiger partial charge in [0.1, 0.15) is 5.75 Å². The maximum atomic E-state index is 8.76. The molecule has 0 fully saturated rings. The molecule has 27 heavy (non-hydrogen) atoms. The molecule has 0 bridgehead atoms. The number of nitrogens with one attached hydrogen (secondary N) is 1. The lowest BCUT2D eigenvalue weighted by atomic mass is 10.0. The SMILES string of the molecule is COc1cccc2c1N(C)CC=C2NCCCCCCCO.I.O=[N+]([O-])O. The quantitative estimate of drug-likeness (QED) is 0.209. The molecule has 2 rings (SSSR count). The minimum atomic E-state index is -1.50. The van der Waals surface area contributed by atoms with E-state index in [-0.39, 0.29) is 24.0 Å². The first kappa shape index (κ1) is 25.2. The van der Waals surface area contributed by atoms with E-state index in [9.17, 15) is 0 Å². The summed E-state index contributed by atoms with van der Waals surface area (Å²) in [5.41, 5.74) is 3.59. The smallest absolute Gasteiger partial charge is 0.291 e. The molecule has 0 amide bonds. The van der Waals surface area contributed by atoms with Crippen LogP contribution in [0.2, 0.25) is 0 Å². The van der Waals surface area contributed by atoms with Crippen LogP contribution in [-0.2, 0) is 0 Å². The van der Waals surface area contributed by atoms with E-state index in [2.05, 4.69) is 29.4 Å². The molecule has 0 spiro atoms. The van der Waals surface area contributed by atoms with Crippen molar-refractivity contribution in [2.75, 3.05) is 38.8 Å². The maximum Gasteiger partial charge on any atom is 0.291 e. The summed E-state index contributed by atoms with van der Waals surface area (Å²) in [6, 6.07) is 6.20. The Morgan fingerprint density at radius 3 is 2.52 bits per heavy atom. The third kappa shape index (κ3) is 9.14. The van der Waals surface area contributed by atoms with Gasteiger partial charge in [0.2, 0.25) is 0 Å². The fourth-order valence-electron chi connectivity index (χ4n) is 2.89. The second-order valence-corrected chi connectivity index (χ2v) is 6.01. The predicted octanol–water partition coefficient (Wildman–Crippen LogP) is 3.29. The van der Waals surface area contributed by atoms with E-state index in [4.69, 9.17) is 25.2 Å². The van der Waals surface area contributed by atoms with Gasteiger partial charge in [-0.15, -0.1) is 34.1 Å². The zero-order valence-electron chi connectivity index (χ0n) is 15.9. The van der Waals surface area contributed by atoms with Crippen molar-refractivity contribution in [3.8, 4) is 5.75 Å². The van der Waals surface area contributed by atoms with Crippen LogP contribution in [0, 0.1) is 10.1 Å². The van der Waals surface area contributed by atoms with Crippen LogP contribution in [0.25, 0.3) is 5.70 Å². The average molecular weight is 495 g/mol. The zero-order chi connectivity index (χ0) is 19.4. The highest BCUT2D eigenvalue weighted by atomic mass is 127. The number of aliphatic hydroxyl groups excluding tert-OH is 1. The van der Waals surface area contributed by atoms with Crippen LogP contribution in [0.1, 0.15) is 37.7 Å². The van der Waals surface area contributed by atoms with Crippen molar-refractivity contribution in [1.82, 2.24) is 5.32 Å². The van der Waals surface area contributed by atoms with Gasteiger partial charge >= 0.3 is 0 Å². The number of fused-ring (bicyclic) bond motifs is 1. The third-order valence-electron chi connectivity index (χ3n) is 4.11. The van der Waals surface area contributed by atoms with Gasteiger partial charge < -0.3 is 25.3 Å². The highest BCUT2D eigenvalue weighted by Gasteiger charge is 2.19. The van der Waals surface area contributed by atoms with Crippen LogP contribution in [0.3, 0.4) is 0 Å². The number of halogens is 1. The van der Waals surface area contributed by atoms with Crippen molar-refractivity contribution < 1.29 is 20.1 Å². The summed E-state index contributed by atoms with van der Waals surface area (Å²) in [6.45, 7) is 2.20. The summed E-state index contributed by atoms with van der Waals surface area (Å²) < 4.78 is 5.49. The Hall–Kier alpha value is -1.75. The van der Waals surface area contributed by atoms with Crippen molar-refractivity contribution in [2.45, 2.75) is 32.1 Å². The number of benzene rings is 1. The van der Waals surface area contributed by atoms with Gasteiger partial charge in [0.25, 0.3) is 5.09 Å². The average Bonchev–Trinajstić information content (AvgIpc) is 2.61. The summed E-state index contributed by atoms with van der Waals surface area (Å²) in [5, 5.41) is 26.0. The number of anilines is 1. The number of nitrogens with zero attached hydrogens (tertiary/aromatic N) is 2. The van der Waals surface area contributed by atoms with E-state index in [1.54, 1.807) is 7.11 Å². The molecule has 3 N–H and O–H groups in total. The number of para-hydroxylation sites is 1. The van der Waals surface area contributed by atoms with Gasteiger partial charge in [0, 0.05) is 38.0 Å². The van der Waals surface area contributed by atoms with Gasteiger partial charge in [-0.05, 0) is 25.0 Å². The molecule has 8 nitrogen and oxygen atoms in total. The summed E-state index contributed by atoms with van der Waals surface area (Å²) in [5.74, 6) is 0.927. The van der Waals surface area contributed by atoms with Crippen LogP contribution in [0.15, 0.2) is 24.3 Å². The summed E-state index contributed by atoms with van der Waals surface area (Å²) in [7, 11) is 3.82. The minimum absolute atomic E-state index is 0. The topological polar surface area (TPSA) is 108 Å². The van der Waals surface area contributed by atoms with Gasteiger partial charge in [-0.25, -0.2) is 0 Å². The molecule has 0 radical (unpaired) electrons. The highest BCUT2D eigenvalue weighted by Crippen LogP contribution is 2.37. The molecule has 154 valence electrons.